The van der Waals surface area contributed by atoms with Gasteiger partial charge in [0.1, 0.15) is 0 Å². The second-order valence-electron chi connectivity index (χ2n) is 12.1. The van der Waals surface area contributed by atoms with Crippen LogP contribution in [0.1, 0.15) is 0 Å². The summed E-state index contributed by atoms with van der Waals surface area (Å²) in [6, 6.07) is 63.4. The van der Waals surface area contributed by atoms with Gasteiger partial charge in [0.05, 0.1) is 16.7 Å². The van der Waals surface area contributed by atoms with Crippen molar-refractivity contribution in [2.24, 2.45) is 0 Å². The molecule has 49 heavy (non-hydrogen) atoms. The van der Waals surface area contributed by atoms with Gasteiger partial charge in [0.25, 0.3) is 0 Å². The van der Waals surface area contributed by atoms with Crippen molar-refractivity contribution in [2.75, 3.05) is 0 Å². The van der Waals surface area contributed by atoms with Crippen LogP contribution in [-0.2, 0) is 0 Å². The minimum absolute atomic E-state index is 0.622. The van der Waals surface area contributed by atoms with Gasteiger partial charge in [0, 0.05) is 33.0 Å². The van der Waals surface area contributed by atoms with Crippen molar-refractivity contribution < 1.29 is 0 Å². The van der Waals surface area contributed by atoms with Crippen molar-refractivity contribution in [1.82, 2.24) is 19.5 Å². The lowest BCUT2D eigenvalue weighted by Crippen LogP contribution is -2.04. The molecular weight excluding hydrogens is 597 g/mol. The molecule has 0 aliphatic heterocycles. The number of fused-ring (bicyclic) bond motifs is 3. The summed E-state index contributed by atoms with van der Waals surface area (Å²) in [5, 5.41) is 2.38. The zero-order valence-electron chi connectivity index (χ0n) is 26.6. The third-order valence-electron chi connectivity index (χ3n) is 9.05. The minimum Gasteiger partial charge on any atom is -0.308 e. The summed E-state index contributed by atoms with van der Waals surface area (Å²) in [6.07, 6.45) is 0. The van der Waals surface area contributed by atoms with E-state index in [2.05, 4.69) is 126 Å². The molecule has 4 heteroatoms. The average molecular weight is 627 g/mol. The number of nitrogens with zero attached hydrogens (tertiary/aromatic N) is 4. The monoisotopic (exact) mass is 626 g/mol. The second kappa shape index (κ2) is 12.2. The van der Waals surface area contributed by atoms with Gasteiger partial charge in [0.2, 0.25) is 0 Å². The molecule has 9 rings (SSSR count). The molecule has 2 heterocycles. The summed E-state index contributed by atoms with van der Waals surface area (Å²) in [7, 11) is 0. The highest BCUT2D eigenvalue weighted by Crippen LogP contribution is 2.42. The SMILES string of the molecule is c1ccc(-c2cc(-c3ccccc3)c3c(c2)c2ccccc2n3-c2ccccc2-c2nc(-c3ccccc3)nc(-c3ccccc3)n2)cc1. The molecule has 0 atom stereocenters. The van der Waals surface area contributed by atoms with Crippen LogP contribution in [0, 0.1) is 0 Å². The van der Waals surface area contributed by atoms with Gasteiger partial charge >= 0.3 is 0 Å². The van der Waals surface area contributed by atoms with E-state index in [0.717, 1.165) is 44.5 Å². The van der Waals surface area contributed by atoms with E-state index >= 15 is 0 Å². The average Bonchev–Trinajstić information content (AvgIpc) is 3.53. The van der Waals surface area contributed by atoms with Gasteiger partial charge in [-0.1, -0.05) is 152 Å². The number of aromatic nitrogens is 4. The normalized spacial score (nSPS) is 11.3. The molecule has 0 saturated carbocycles. The van der Waals surface area contributed by atoms with Crippen molar-refractivity contribution in [1.29, 1.82) is 0 Å². The Kier molecular flexibility index (Phi) is 7.10. The first kappa shape index (κ1) is 28.6. The maximum atomic E-state index is 5.13. The summed E-state index contributed by atoms with van der Waals surface area (Å²) >= 11 is 0. The third-order valence-corrected chi connectivity index (χ3v) is 9.05. The molecule has 9 aromatic rings. The highest BCUT2D eigenvalue weighted by molar-refractivity contribution is 6.15. The molecular formula is C45H30N4. The van der Waals surface area contributed by atoms with Gasteiger partial charge in [-0.3, -0.25) is 0 Å². The van der Waals surface area contributed by atoms with Crippen molar-refractivity contribution in [2.45, 2.75) is 0 Å². The largest absolute Gasteiger partial charge is 0.308 e. The Labute approximate surface area is 284 Å². The highest BCUT2D eigenvalue weighted by Gasteiger charge is 2.22. The van der Waals surface area contributed by atoms with Gasteiger partial charge in [-0.05, 0) is 47.0 Å². The molecule has 0 aliphatic carbocycles. The Balaban J connectivity index is 1.36. The lowest BCUT2D eigenvalue weighted by Gasteiger charge is -2.17. The molecule has 0 aliphatic rings. The van der Waals surface area contributed by atoms with Crippen LogP contribution >= 0.6 is 0 Å². The summed E-state index contributed by atoms with van der Waals surface area (Å²) in [5.74, 6) is 1.90. The number of hydrogen-bond acceptors (Lipinski definition) is 3. The lowest BCUT2D eigenvalue weighted by atomic mass is 9.95. The lowest BCUT2D eigenvalue weighted by molar-refractivity contribution is 1.06. The second-order valence-corrected chi connectivity index (χ2v) is 12.1. The van der Waals surface area contributed by atoms with Gasteiger partial charge in [0.15, 0.2) is 17.5 Å². The van der Waals surface area contributed by atoms with Gasteiger partial charge in [-0.2, -0.15) is 0 Å². The Bertz CT molecular complexity index is 2520. The summed E-state index contributed by atoms with van der Waals surface area (Å²) < 4.78 is 2.39. The van der Waals surface area contributed by atoms with E-state index in [0.29, 0.717) is 17.5 Å². The molecule has 4 nitrogen and oxygen atoms in total. The first-order valence-electron chi connectivity index (χ1n) is 16.5. The van der Waals surface area contributed by atoms with E-state index in [-0.39, 0.29) is 0 Å². The molecule has 0 spiro atoms. The Morgan fingerprint density at radius 3 is 1.45 bits per heavy atom. The summed E-state index contributed by atoms with van der Waals surface area (Å²) in [4.78, 5) is 15.2. The smallest absolute Gasteiger partial charge is 0.166 e. The van der Waals surface area contributed by atoms with Crippen LogP contribution in [0.4, 0.5) is 0 Å². The quantitative estimate of drug-likeness (QED) is 0.184. The summed E-state index contributed by atoms with van der Waals surface area (Å²) in [6.45, 7) is 0. The molecule has 0 radical (unpaired) electrons. The van der Waals surface area contributed by atoms with Crippen molar-refractivity contribution in [3.63, 3.8) is 0 Å². The molecule has 7 aromatic carbocycles. The zero-order chi connectivity index (χ0) is 32.6. The fraction of sp³-hybridized carbons (Fsp3) is 0. The Hall–Kier alpha value is -6.65. The molecule has 0 N–H and O–H groups in total. The van der Waals surface area contributed by atoms with E-state index in [1.54, 1.807) is 0 Å². The fourth-order valence-electron chi connectivity index (χ4n) is 6.77. The van der Waals surface area contributed by atoms with Crippen LogP contribution in [-0.4, -0.2) is 19.5 Å². The molecule has 0 amide bonds. The zero-order valence-corrected chi connectivity index (χ0v) is 26.6. The van der Waals surface area contributed by atoms with E-state index in [1.807, 2.05) is 60.7 Å². The van der Waals surface area contributed by atoms with Crippen LogP contribution in [0.5, 0.6) is 0 Å². The molecule has 2 aromatic heterocycles. The van der Waals surface area contributed by atoms with Gasteiger partial charge < -0.3 is 4.57 Å². The van der Waals surface area contributed by atoms with E-state index in [9.17, 15) is 0 Å². The topological polar surface area (TPSA) is 43.6 Å². The first-order valence-corrected chi connectivity index (χ1v) is 16.5. The number of benzene rings is 7. The third kappa shape index (κ3) is 5.16. The minimum atomic E-state index is 0.622. The van der Waals surface area contributed by atoms with Crippen molar-refractivity contribution >= 4 is 21.8 Å². The fourth-order valence-corrected chi connectivity index (χ4v) is 6.77. The molecule has 230 valence electrons. The van der Waals surface area contributed by atoms with E-state index in [4.69, 9.17) is 15.0 Å². The van der Waals surface area contributed by atoms with Crippen molar-refractivity contribution in [3.8, 4) is 62.1 Å². The standard InChI is InChI=1S/C45H30N4/c1-5-17-31(18-6-1)35-29-38(32-19-7-2-8-20-32)42-39(30-35)36-25-13-15-27-40(36)49(42)41-28-16-14-26-37(41)45-47-43(33-21-9-3-10-22-33)46-44(48-45)34-23-11-4-12-24-34/h1-30H. The maximum Gasteiger partial charge on any atom is 0.166 e. The van der Waals surface area contributed by atoms with E-state index < -0.39 is 0 Å². The maximum absolute atomic E-state index is 5.13. The number of rotatable bonds is 6. The predicted octanol–water partition coefficient (Wildman–Crippen LogP) is 11.3. The Morgan fingerprint density at radius 1 is 0.327 bits per heavy atom. The molecule has 0 fully saturated rings. The number of hydrogen-bond donors (Lipinski definition) is 0. The highest BCUT2D eigenvalue weighted by atomic mass is 15.1. The molecule has 0 bridgehead atoms. The first-order chi connectivity index (χ1) is 24.3. The van der Waals surface area contributed by atoms with Crippen LogP contribution in [0.25, 0.3) is 83.9 Å². The van der Waals surface area contributed by atoms with Gasteiger partial charge in [-0.15, -0.1) is 0 Å². The van der Waals surface area contributed by atoms with Crippen LogP contribution < -0.4 is 0 Å². The van der Waals surface area contributed by atoms with Crippen LogP contribution in [0.3, 0.4) is 0 Å². The van der Waals surface area contributed by atoms with Gasteiger partial charge in [-0.25, -0.2) is 15.0 Å². The van der Waals surface area contributed by atoms with Crippen LogP contribution in [0.15, 0.2) is 182 Å². The summed E-state index contributed by atoms with van der Waals surface area (Å²) in [5.41, 5.74) is 10.8. The van der Waals surface area contributed by atoms with Crippen molar-refractivity contribution in [3.05, 3.63) is 182 Å². The van der Waals surface area contributed by atoms with E-state index in [1.165, 1.54) is 21.9 Å². The van der Waals surface area contributed by atoms with Crippen LogP contribution in [0.2, 0.25) is 0 Å². The predicted molar refractivity (Wildman–Crippen MR) is 201 cm³/mol. The Morgan fingerprint density at radius 2 is 0.816 bits per heavy atom. The number of para-hydroxylation sites is 2. The molecule has 0 saturated heterocycles. The molecule has 0 unspecified atom stereocenters.